The fourth-order valence-electron chi connectivity index (χ4n) is 1.74. The quantitative estimate of drug-likeness (QED) is 0.851. The highest BCUT2D eigenvalue weighted by Crippen LogP contribution is 2.28. The van der Waals surface area contributed by atoms with Crippen molar-refractivity contribution in [3.8, 4) is 0 Å². The molecule has 1 aromatic heterocycles. The second-order valence-corrected chi connectivity index (χ2v) is 4.07. The number of nitrogens with one attached hydrogen (secondary N) is 1. The van der Waals surface area contributed by atoms with Gasteiger partial charge in [0.2, 0.25) is 5.95 Å². The van der Waals surface area contributed by atoms with Crippen LogP contribution in [0.25, 0.3) is 0 Å². The highest BCUT2D eigenvalue weighted by atomic mass is 35.5. The van der Waals surface area contributed by atoms with Crippen molar-refractivity contribution in [3.05, 3.63) is 18.0 Å². The SMILES string of the molecule is CC1CN(c2ncc(C(F)(F)F)cn2)CCN1.Cl. The number of alkyl halides is 3. The molecule has 2 rings (SSSR count). The maximum absolute atomic E-state index is 12.3. The van der Waals surface area contributed by atoms with E-state index >= 15 is 0 Å². The Bertz CT molecular complexity index is 382. The predicted octanol–water partition coefficient (Wildman–Crippen LogP) is 1.72. The van der Waals surface area contributed by atoms with Crippen molar-refractivity contribution in [1.29, 1.82) is 0 Å². The zero-order valence-electron chi connectivity index (χ0n) is 9.74. The third-order valence-electron chi connectivity index (χ3n) is 2.62. The van der Waals surface area contributed by atoms with Crippen molar-refractivity contribution in [1.82, 2.24) is 15.3 Å². The van der Waals surface area contributed by atoms with Gasteiger partial charge in [0.25, 0.3) is 0 Å². The average Bonchev–Trinajstić information content (AvgIpc) is 2.28. The Morgan fingerprint density at radius 2 is 1.94 bits per heavy atom. The number of hydrogen-bond acceptors (Lipinski definition) is 4. The molecule has 0 spiro atoms. The van der Waals surface area contributed by atoms with E-state index in [0.717, 1.165) is 18.9 Å². The summed E-state index contributed by atoms with van der Waals surface area (Å²) in [6.45, 7) is 4.20. The van der Waals surface area contributed by atoms with E-state index < -0.39 is 11.7 Å². The van der Waals surface area contributed by atoms with Crippen molar-refractivity contribution in [3.63, 3.8) is 0 Å². The zero-order chi connectivity index (χ0) is 12.5. The lowest BCUT2D eigenvalue weighted by molar-refractivity contribution is -0.138. The van der Waals surface area contributed by atoms with Gasteiger partial charge >= 0.3 is 6.18 Å². The minimum Gasteiger partial charge on any atom is -0.338 e. The summed E-state index contributed by atoms with van der Waals surface area (Å²) < 4.78 is 37.0. The number of anilines is 1. The van der Waals surface area contributed by atoms with E-state index in [2.05, 4.69) is 15.3 Å². The first-order valence-corrected chi connectivity index (χ1v) is 5.34. The lowest BCUT2D eigenvalue weighted by atomic mass is 10.2. The monoisotopic (exact) mass is 282 g/mol. The summed E-state index contributed by atoms with van der Waals surface area (Å²) in [7, 11) is 0. The Morgan fingerprint density at radius 1 is 1.33 bits per heavy atom. The Kier molecular flexibility index (Phi) is 4.75. The molecule has 0 radical (unpaired) electrons. The van der Waals surface area contributed by atoms with Gasteiger partial charge in [0.15, 0.2) is 0 Å². The van der Waals surface area contributed by atoms with Crippen LogP contribution in [0.2, 0.25) is 0 Å². The van der Waals surface area contributed by atoms with Crippen molar-refractivity contribution in [2.45, 2.75) is 19.1 Å². The van der Waals surface area contributed by atoms with E-state index in [-0.39, 0.29) is 18.4 Å². The van der Waals surface area contributed by atoms with E-state index in [4.69, 9.17) is 0 Å². The van der Waals surface area contributed by atoms with Gasteiger partial charge in [-0.25, -0.2) is 9.97 Å². The van der Waals surface area contributed by atoms with Crippen LogP contribution in [0.5, 0.6) is 0 Å². The summed E-state index contributed by atoms with van der Waals surface area (Å²) >= 11 is 0. The van der Waals surface area contributed by atoms with E-state index in [1.807, 2.05) is 11.8 Å². The van der Waals surface area contributed by atoms with E-state index in [0.29, 0.717) is 19.0 Å². The molecule has 1 aliphatic rings. The number of piperazine rings is 1. The lowest BCUT2D eigenvalue weighted by Gasteiger charge is -2.31. The molecule has 1 saturated heterocycles. The smallest absolute Gasteiger partial charge is 0.338 e. The van der Waals surface area contributed by atoms with Crippen molar-refractivity contribution >= 4 is 18.4 Å². The molecular formula is C10H14ClF3N4. The average molecular weight is 283 g/mol. The minimum absolute atomic E-state index is 0. The molecule has 1 aromatic rings. The van der Waals surface area contributed by atoms with Crippen LogP contribution in [0.4, 0.5) is 19.1 Å². The van der Waals surface area contributed by atoms with Gasteiger partial charge < -0.3 is 10.2 Å². The number of aromatic nitrogens is 2. The van der Waals surface area contributed by atoms with Crippen LogP contribution in [-0.2, 0) is 6.18 Å². The molecular weight excluding hydrogens is 269 g/mol. The first-order chi connectivity index (χ1) is 7.97. The Labute approximate surface area is 109 Å². The maximum atomic E-state index is 12.3. The Morgan fingerprint density at radius 3 is 2.44 bits per heavy atom. The summed E-state index contributed by atoms with van der Waals surface area (Å²) in [6.07, 6.45) is -2.72. The highest BCUT2D eigenvalue weighted by molar-refractivity contribution is 5.85. The summed E-state index contributed by atoms with van der Waals surface area (Å²) in [5.74, 6) is 0.353. The van der Waals surface area contributed by atoms with Crippen LogP contribution in [0, 0.1) is 0 Å². The van der Waals surface area contributed by atoms with Crippen molar-refractivity contribution < 1.29 is 13.2 Å². The van der Waals surface area contributed by atoms with Gasteiger partial charge in [0.05, 0.1) is 5.56 Å². The molecule has 4 nitrogen and oxygen atoms in total. The minimum atomic E-state index is -4.38. The van der Waals surface area contributed by atoms with Crippen LogP contribution >= 0.6 is 12.4 Å². The number of rotatable bonds is 1. The van der Waals surface area contributed by atoms with E-state index in [1.165, 1.54) is 0 Å². The zero-order valence-corrected chi connectivity index (χ0v) is 10.6. The second kappa shape index (κ2) is 5.71. The van der Waals surface area contributed by atoms with Crippen molar-refractivity contribution in [2.24, 2.45) is 0 Å². The van der Waals surface area contributed by atoms with Gasteiger partial charge in [-0.1, -0.05) is 0 Å². The van der Waals surface area contributed by atoms with Gasteiger partial charge in [-0.3, -0.25) is 0 Å². The van der Waals surface area contributed by atoms with E-state index in [1.54, 1.807) is 0 Å². The second-order valence-electron chi connectivity index (χ2n) is 4.07. The summed E-state index contributed by atoms with van der Waals surface area (Å²) in [5.41, 5.74) is -0.815. The van der Waals surface area contributed by atoms with Crippen molar-refractivity contribution in [2.75, 3.05) is 24.5 Å². The Balaban J connectivity index is 0.00000162. The fourth-order valence-corrected chi connectivity index (χ4v) is 1.74. The first-order valence-electron chi connectivity index (χ1n) is 5.34. The standard InChI is InChI=1S/C10H13F3N4.ClH/c1-7-6-17(3-2-14-7)9-15-4-8(5-16-9)10(11,12)13;/h4-5,7,14H,2-3,6H2,1H3;1H. The molecule has 18 heavy (non-hydrogen) atoms. The van der Waals surface area contributed by atoms with Gasteiger partial charge in [-0.15, -0.1) is 12.4 Å². The molecule has 1 aliphatic heterocycles. The molecule has 1 unspecified atom stereocenters. The van der Waals surface area contributed by atoms with Crippen LogP contribution in [0.3, 0.4) is 0 Å². The first kappa shape index (κ1) is 15.0. The molecule has 0 saturated carbocycles. The molecule has 0 bridgehead atoms. The number of nitrogens with zero attached hydrogens (tertiary/aromatic N) is 3. The summed E-state index contributed by atoms with van der Waals surface area (Å²) in [4.78, 5) is 9.42. The van der Waals surface area contributed by atoms with E-state index in [9.17, 15) is 13.2 Å². The largest absolute Gasteiger partial charge is 0.419 e. The fraction of sp³-hybridized carbons (Fsp3) is 0.600. The Hall–Kier alpha value is -1.08. The van der Waals surface area contributed by atoms with Gasteiger partial charge in [0, 0.05) is 38.1 Å². The molecule has 0 aliphatic carbocycles. The van der Waals surface area contributed by atoms with Crippen LogP contribution < -0.4 is 10.2 Å². The molecule has 102 valence electrons. The molecule has 1 N–H and O–H groups in total. The third-order valence-corrected chi connectivity index (χ3v) is 2.62. The van der Waals surface area contributed by atoms with Crippen LogP contribution in [0.1, 0.15) is 12.5 Å². The molecule has 1 fully saturated rings. The van der Waals surface area contributed by atoms with Gasteiger partial charge in [-0.2, -0.15) is 13.2 Å². The number of hydrogen-bond donors (Lipinski definition) is 1. The third kappa shape index (κ3) is 3.46. The molecule has 1 atom stereocenters. The maximum Gasteiger partial charge on any atom is 0.419 e. The van der Waals surface area contributed by atoms with Crippen LogP contribution in [-0.4, -0.2) is 35.6 Å². The normalized spacial score (nSPS) is 20.4. The number of halogens is 4. The van der Waals surface area contributed by atoms with Gasteiger partial charge in [0.1, 0.15) is 0 Å². The summed E-state index contributed by atoms with van der Waals surface area (Å²) in [5, 5.41) is 3.24. The molecule has 2 heterocycles. The highest BCUT2D eigenvalue weighted by Gasteiger charge is 2.31. The lowest BCUT2D eigenvalue weighted by Crippen LogP contribution is -2.49. The molecule has 8 heteroatoms. The van der Waals surface area contributed by atoms with Gasteiger partial charge in [-0.05, 0) is 6.92 Å². The molecule has 0 aromatic carbocycles. The predicted molar refractivity (Wildman–Crippen MR) is 64.0 cm³/mol. The molecule has 0 amide bonds. The topological polar surface area (TPSA) is 41.1 Å². The summed E-state index contributed by atoms with van der Waals surface area (Å²) in [6, 6.07) is 0.287. The van der Waals surface area contributed by atoms with Crippen LogP contribution in [0.15, 0.2) is 12.4 Å².